The number of aromatic nitrogens is 2. The fourth-order valence-corrected chi connectivity index (χ4v) is 1.23. The molecule has 2 aromatic heterocycles. The number of aromatic carboxylic acids is 2. The largest absolute Gasteiger partial charge is 0.478 e. The second-order valence-electron chi connectivity index (χ2n) is 3.75. The number of ether oxygens (including phenoxy) is 1. The summed E-state index contributed by atoms with van der Waals surface area (Å²) < 4.78 is 4.39. The fourth-order valence-electron chi connectivity index (χ4n) is 1.23. The van der Waals surface area contributed by atoms with Crippen LogP contribution in [0.1, 0.15) is 31.3 Å². The highest BCUT2D eigenvalue weighted by atomic mass is 16.5. The molecule has 0 amide bonds. The summed E-state index contributed by atoms with van der Waals surface area (Å²) in [5.74, 6) is -2.66. The number of carbonyl (C=O) groups excluding carboxylic acids is 1. The van der Waals surface area contributed by atoms with E-state index in [1.54, 1.807) is 12.1 Å². The highest BCUT2D eigenvalue weighted by molar-refractivity contribution is 5.90. The monoisotopic (exact) mass is 304 g/mol. The van der Waals surface area contributed by atoms with Crippen molar-refractivity contribution in [2.45, 2.75) is 0 Å². The number of hydrogen-bond acceptors (Lipinski definition) is 6. The number of rotatable bonds is 3. The van der Waals surface area contributed by atoms with Gasteiger partial charge in [-0.15, -0.1) is 0 Å². The minimum absolute atomic E-state index is 0.0349. The topological polar surface area (TPSA) is 127 Å². The van der Waals surface area contributed by atoms with Gasteiger partial charge in [-0.1, -0.05) is 6.07 Å². The number of esters is 1. The lowest BCUT2D eigenvalue weighted by Crippen LogP contribution is -2.05. The molecule has 0 fully saturated rings. The van der Waals surface area contributed by atoms with Gasteiger partial charge in [-0.3, -0.25) is 0 Å². The van der Waals surface area contributed by atoms with Gasteiger partial charge in [0.1, 0.15) is 11.4 Å². The Morgan fingerprint density at radius 1 is 0.955 bits per heavy atom. The van der Waals surface area contributed by atoms with Gasteiger partial charge in [-0.2, -0.15) is 0 Å². The van der Waals surface area contributed by atoms with Crippen molar-refractivity contribution in [3.8, 4) is 0 Å². The number of carboxylic acid groups (broad SMARTS) is 2. The molecule has 22 heavy (non-hydrogen) atoms. The quantitative estimate of drug-likeness (QED) is 0.813. The van der Waals surface area contributed by atoms with Gasteiger partial charge < -0.3 is 14.9 Å². The van der Waals surface area contributed by atoms with Crippen LogP contribution in [0.4, 0.5) is 0 Å². The van der Waals surface area contributed by atoms with Crippen LogP contribution in [0.2, 0.25) is 0 Å². The van der Waals surface area contributed by atoms with Gasteiger partial charge in [-0.05, 0) is 24.3 Å². The molecule has 0 bridgehead atoms. The molecule has 8 heteroatoms. The van der Waals surface area contributed by atoms with E-state index in [0.29, 0.717) is 0 Å². The minimum Gasteiger partial charge on any atom is -0.478 e. The van der Waals surface area contributed by atoms with Crippen LogP contribution in [0.15, 0.2) is 42.7 Å². The summed E-state index contributed by atoms with van der Waals surface area (Å²) in [5, 5.41) is 16.8. The highest BCUT2D eigenvalue weighted by Crippen LogP contribution is 2.01. The molecule has 0 aromatic carbocycles. The summed E-state index contributed by atoms with van der Waals surface area (Å²) in [6.07, 6.45) is 2.55. The number of hydrogen-bond donors (Lipinski definition) is 2. The molecule has 0 aliphatic rings. The maximum Gasteiger partial charge on any atom is 0.356 e. The smallest absolute Gasteiger partial charge is 0.356 e. The van der Waals surface area contributed by atoms with Gasteiger partial charge in [0.15, 0.2) is 0 Å². The van der Waals surface area contributed by atoms with Crippen molar-refractivity contribution in [2.75, 3.05) is 7.11 Å². The Morgan fingerprint density at radius 3 is 2.05 bits per heavy atom. The van der Waals surface area contributed by atoms with Crippen molar-refractivity contribution < 1.29 is 29.3 Å². The number of methoxy groups -OCH3 is 1. The lowest BCUT2D eigenvalue weighted by atomic mass is 10.2. The minimum atomic E-state index is -1.08. The molecule has 0 unspecified atom stereocenters. The Labute approximate surface area is 125 Å². The van der Waals surface area contributed by atoms with Gasteiger partial charge >= 0.3 is 17.9 Å². The lowest BCUT2D eigenvalue weighted by molar-refractivity contribution is 0.0591. The normalized spacial score (nSPS) is 9.14. The lowest BCUT2D eigenvalue weighted by Gasteiger charge is -1.97. The van der Waals surface area contributed by atoms with Gasteiger partial charge in [0, 0.05) is 12.4 Å². The second-order valence-corrected chi connectivity index (χ2v) is 3.75. The molecule has 8 nitrogen and oxygen atoms in total. The molecule has 0 aliphatic carbocycles. The van der Waals surface area contributed by atoms with E-state index in [-0.39, 0.29) is 17.0 Å². The van der Waals surface area contributed by atoms with Gasteiger partial charge in [-0.25, -0.2) is 24.4 Å². The Morgan fingerprint density at radius 2 is 1.68 bits per heavy atom. The van der Waals surface area contributed by atoms with Crippen molar-refractivity contribution in [1.29, 1.82) is 0 Å². The molecule has 2 rings (SSSR count). The molecule has 0 aliphatic heterocycles. The van der Waals surface area contributed by atoms with E-state index in [1.807, 2.05) is 0 Å². The molecule has 0 radical (unpaired) electrons. The van der Waals surface area contributed by atoms with Crippen molar-refractivity contribution in [2.24, 2.45) is 0 Å². The molecule has 0 atom stereocenters. The molecule has 114 valence electrons. The zero-order valence-electron chi connectivity index (χ0n) is 11.5. The number of nitrogens with zero attached hydrogens (tertiary/aromatic N) is 2. The molecule has 2 N–H and O–H groups in total. The van der Waals surface area contributed by atoms with E-state index in [0.717, 1.165) is 6.20 Å². The summed E-state index contributed by atoms with van der Waals surface area (Å²) in [6, 6.07) is 7.35. The van der Waals surface area contributed by atoms with E-state index in [2.05, 4.69) is 14.7 Å². The third kappa shape index (κ3) is 5.00. The molecular weight excluding hydrogens is 292 g/mol. The zero-order valence-corrected chi connectivity index (χ0v) is 11.5. The van der Waals surface area contributed by atoms with Gasteiger partial charge in [0.25, 0.3) is 0 Å². The maximum absolute atomic E-state index is 10.9. The summed E-state index contributed by atoms with van der Waals surface area (Å²) in [5.41, 5.74) is 0.206. The Bertz CT molecular complexity index is 655. The number of carbonyl (C=O) groups is 3. The average molecular weight is 304 g/mol. The molecule has 0 saturated heterocycles. The van der Waals surface area contributed by atoms with Gasteiger partial charge in [0.05, 0.1) is 12.7 Å². The molecular formula is C14H12N2O6. The van der Waals surface area contributed by atoms with Crippen molar-refractivity contribution in [1.82, 2.24) is 9.97 Å². The van der Waals surface area contributed by atoms with Crippen LogP contribution in [-0.2, 0) is 4.74 Å². The van der Waals surface area contributed by atoms with Crippen molar-refractivity contribution in [3.63, 3.8) is 0 Å². The van der Waals surface area contributed by atoms with E-state index in [4.69, 9.17) is 10.2 Å². The van der Waals surface area contributed by atoms with E-state index in [1.165, 1.54) is 31.5 Å². The van der Waals surface area contributed by atoms with Crippen LogP contribution in [0.3, 0.4) is 0 Å². The van der Waals surface area contributed by atoms with Crippen molar-refractivity contribution >= 4 is 17.9 Å². The van der Waals surface area contributed by atoms with Crippen LogP contribution >= 0.6 is 0 Å². The number of pyridine rings is 2. The summed E-state index contributed by atoms with van der Waals surface area (Å²) in [6.45, 7) is 0. The Kier molecular flexibility index (Phi) is 6.17. The Balaban J connectivity index is 0.000000235. The molecule has 2 heterocycles. The maximum atomic E-state index is 10.9. The first-order valence-electron chi connectivity index (χ1n) is 5.87. The standard InChI is InChI=1S/C8H7NO4.C6H5NO2/c1-13-8(12)6-3-2-5(4-9-6)7(10)11;8-6(9)5-3-1-2-4-7-5/h2-4H,1H3,(H,10,11);1-4H,(H,8,9). The molecule has 2 aromatic rings. The van der Waals surface area contributed by atoms with Crippen LogP contribution in [-0.4, -0.2) is 45.2 Å². The average Bonchev–Trinajstić information content (AvgIpc) is 2.55. The fraction of sp³-hybridized carbons (Fsp3) is 0.0714. The predicted octanol–water partition coefficient (Wildman–Crippen LogP) is 1.35. The first-order valence-corrected chi connectivity index (χ1v) is 5.87. The van der Waals surface area contributed by atoms with Gasteiger partial charge in [0.2, 0.25) is 0 Å². The third-order valence-electron chi connectivity index (χ3n) is 2.29. The summed E-state index contributed by atoms with van der Waals surface area (Å²) in [4.78, 5) is 38.6. The van der Waals surface area contributed by atoms with Crippen LogP contribution in [0.25, 0.3) is 0 Å². The highest BCUT2D eigenvalue weighted by Gasteiger charge is 2.08. The third-order valence-corrected chi connectivity index (χ3v) is 2.29. The van der Waals surface area contributed by atoms with Crippen LogP contribution in [0, 0.1) is 0 Å². The molecule has 0 saturated carbocycles. The van der Waals surface area contributed by atoms with E-state index >= 15 is 0 Å². The first kappa shape index (κ1) is 16.8. The van der Waals surface area contributed by atoms with Crippen LogP contribution < -0.4 is 0 Å². The predicted molar refractivity (Wildman–Crippen MR) is 73.7 cm³/mol. The number of carboxylic acids is 2. The molecule has 0 spiro atoms. The van der Waals surface area contributed by atoms with Crippen molar-refractivity contribution in [3.05, 3.63) is 59.7 Å². The Hall–Kier alpha value is -3.29. The SMILES string of the molecule is COC(=O)c1ccc(C(=O)O)cn1.O=C(O)c1ccccn1. The zero-order chi connectivity index (χ0) is 16.5. The summed E-state index contributed by atoms with van der Waals surface area (Å²) in [7, 11) is 1.23. The van der Waals surface area contributed by atoms with E-state index in [9.17, 15) is 14.4 Å². The van der Waals surface area contributed by atoms with Crippen LogP contribution in [0.5, 0.6) is 0 Å². The summed E-state index contributed by atoms with van der Waals surface area (Å²) >= 11 is 0. The van der Waals surface area contributed by atoms with E-state index < -0.39 is 17.9 Å². The first-order chi connectivity index (χ1) is 10.5. The second kappa shape index (κ2) is 8.10.